The minimum absolute atomic E-state index is 0.0334. The van der Waals surface area contributed by atoms with Crippen LogP contribution in [0.2, 0.25) is 5.02 Å². The van der Waals surface area contributed by atoms with Crippen LogP contribution in [-0.4, -0.2) is 16.1 Å². The van der Waals surface area contributed by atoms with Gasteiger partial charge in [0.2, 0.25) is 5.88 Å². The number of nitrogens with zero attached hydrogens (tertiary/aromatic N) is 1. The minimum atomic E-state index is -1.08. The van der Waals surface area contributed by atoms with E-state index >= 15 is 0 Å². The number of carboxylic acid groups (broad SMARTS) is 1. The van der Waals surface area contributed by atoms with Gasteiger partial charge < -0.3 is 9.84 Å². The summed E-state index contributed by atoms with van der Waals surface area (Å²) in [5.74, 6) is -0.728. The molecule has 1 heterocycles. The van der Waals surface area contributed by atoms with E-state index in [1.54, 1.807) is 24.3 Å². The van der Waals surface area contributed by atoms with Crippen molar-refractivity contribution in [1.29, 1.82) is 0 Å². The molecule has 0 unspecified atom stereocenters. The third-order valence-corrected chi connectivity index (χ3v) is 2.88. The van der Waals surface area contributed by atoms with Crippen molar-refractivity contribution in [2.75, 3.05) is 0 Å². The first-order valence-corrected chi connectivity index (χ1v) is 6.06. The van der Waals surface area contributed by atoms with Gasteiger partial charge in [-0.05, 0) is 30.3 Å². The normalized spacial score (nSPS) is 10.1. The average molecular weight is 329 g/mol. The van der Waals surface area contributed by atoms with Gasteiger partial charge in [-0.1, -0.05) is 27.5 Å². The summed E-state index contributed by atoms with van der Waals surface area (Å²) in [5.41, 5.74) is 0.0334. The topological polar surface area (TPSA) is 59.4 Å². The predicted molar refractivity (Wildman–Crippen MR) is 70.4 cm³/mol. The van der Waals surface area contributed by atoms with Crippen LogP contribution in [0.5, 0.6) is 11.6 Å². The molecular formula is C12H7BrClNO3. The van der Waals surface area contributed by atoms with Crippen molar-refractivity contribution < 1.29 is 14.6 Å². The first-order chi connectivity index (χ1) is 8.58. The molecule has 0 aliphatic rings. The summed E-state index contributed by atoms with van der Waals surface area (Å²) in [5, 5.41) is 9.40. The lowest BCUT2D eigenvalue weighted by Crippen LogP contribution is -2.00. The summed E-state index contributed by atoms with van der Waals surface area (Å²) in [4.78, 5) is 15.0. The summed E-state index contributed by atoms with van der Waals surface area (Å²) in [7, 11) is 0. The van der Waals surface area contributed by atoms with Gasteiger partial charge in [0.05, 0.1) is 0 Å². The van der Waals surface area contributed by atoms with E-state index in [1.165, 1.54) is 12.3 Å². The molecule has 0 saturated carbocycles. The van der Waals surface area contributed by atoms with Crippen LogP contribution in [-0.2, 0) is 0 Å². The fourth-order valence-corrected chi connectivity index (χ4v) is 1.83. The lowest BCUT2D eigenvalue weighted by Gasteiger charge is -2.09. The maximum atomic E-state index is 11.1. The van der Waals surface area contributed by atoms with Gasteiger partial charge in [0, 0.05) is 10.7 Å². The Morgan fingerprint density at radius 2 is 2.17 bits per heavy atom. The summed E-state index contributed by atoms with van der Waals surface area (Å²) in [6.45, 7) is 0. The molecule has 2 rings (SSSR count). The molecule has 0 spiro atoms. The number of benzene rings is 1. The van der Waals surface area contributed by atoms with Gasteiger partial charge >= 0.3 is 5.97 Å². The Morgan fingerprint density at radius 1 is 1.39 bits per heavy atom. The Morgan fingerprint density at radius 3 is 2.83 bits per heavy atom. The van der Waals surface area contributed by atoms with Gasteiger partial charge in [0.1, 0.15) is 16.3 Å². The number of carboxylic acids is 1. The van der Waals surface area contributed by atoms with Crippen LogP contribution in [0.25, 0.3) is 0 Å². The van der Waals surface area contributed by atoms with Crippen LogP contribution in [0.15, 0.2) is 41.0 Å². The van der Waals surface area contributed by atoms with E-state index in [0.717, 1.165) is 0 Å². The number of halogens is 2. The predicted octanol–water partition coefficient (Wildman–Crippen LogP) is 3.99. The first-order valence-electron chi connectivity index (χ1n) is 4.89. The van der Waals surface area contributed by atoms with Gasteiger partial charge in [-0.25, -0.2) is 9.78 Å². The smallest absolute Gasteiger partial charge is 0.339 e. The molecule has 0 radical (unpaired) electrons. The quantitative estimate of drug-likeness (QED) is 0.925. The number of aromatic carboxylic acids is 1. The monoisotopic (exact) mass is 327 g/mol. The Balaban J connectivity index is 2.41. The molecular weight excluding hydrogens is 321 g/mol. The molecule has 0 amide bonds. The molecule has 92 valence electrons. The lowest BCUT2D eigenvalue weighted by atomic mass is 10.2. The second-order valence-electron chi connectivity index (χ2n) is 3.34. The Hall–Kier alpha value is -1.59. The zero-order chi connectivity index (χ0) is 13.1. The number of ether oxygens (including phenoxy) is 1. The summed E-state index contributed by atoms with van der Waals surface area (Å²) in [6, 6.07) is 7.95. The van der Waals surface area contributed by atoms with Crippen molar-refractivity contribution >= 4 is 33.5 Å². The highest BCUT2D eigenvalue weighted by Gasteiger charge is 2.14. The molecule has 0 saturated heterocycles. The molecule has 1 N–H and O–H groups in total. The summed E-state index contributed by atoms with van der Waals surface area (Å²) >= 11 is 9.10. The average Bonchev–Trinajstić information content (AvgIpc) is 2.34. The number of pyridine rings is 1. The van der Waals surface area contributed by atoms with Gasteiger partial charge in [-0.15, -0.1) is 0 Å². The van der Waals surface area contributed by atoms with E-state index in [2.05, 4.69) is 20.9 Å². The fraction of sp³-hybridized carbons (Fsp3) is 0. The molecule has 6 heteroatoms. The van der Waals surface area contributed by atoms with Gasteiger partial charge in [-0.2, -0.15) is 0 Å². The molecule has 18 heavy (non-hydrogen) atoms. The molecule has 0 atom stereocenters. The molecule has 1 aromatic heterocycles. The van der Waals surface area contributed by atoms with E-state index in [4.69, 9.17) is 21.4 Å². The van der Waals surface area contributed by atoms with Crippen LogP contribution < -0.4 is 4.74 Å². The largest absolute Gasteiger partial charge is 0.478 e. The van der Waals surface area contributed by atoms with Crippen molar-refractivity contribution in [3.8, 4) is 11.6 Å². The van der Waals surface area contributed by atoms with E-state index in [1.807, 2.05) is 0 Å². The Kier molecular flexibility index (Phi) is 3.84. The number of rotatable bonds is 3. The van der Waals surface area contributed by atoms with E-state index in [0.29, 0.717) is 9.50 Å². The summed E-state index contributed by atoms with van der Waals surface area (Å²) in [6.07, 6.45) is 1.51. The van der Waals surface area contributed by atoms with Crippen LogP contribution >= 0.6 is 27.5 Å². The zero-order valence-electron chi connectivity index (χ0n) is 8.93. The van der Waals surface area contributed by atoms with Gasteiger partial charge in [-0.3, -0.25) is 0 Å². The zero-order valence-corrected chi connectivity index (χ0v) is 11.3. The third-order valence-electron chi connectivity index (χ3n) is 2.10. The highest BCUT2D eigenvalue weighted by molar-refractivity contribution is 9.10. The maximum absolute atomic E-state index is 11.1. The molecule has 0 fully saturated rings. The highest BCUT2D eigenvalue weighted by atomic mass is 79.9. The van der Waals surface area contributed by atoms with Crippen molar-refractivity contribution in [1.82, 2.24) is 4.98 Å². The third kappa shape index (κ3) is 2.80. The molecule has 0 bridgehead atoms. The van der Waals surface area contributed by atoms with E-state index in [9.17, 15) is 4.79 Å². The van der Waals surface area contributed by atoms with Crippen molar-refractivity contribution in [3.63, 3.8) is 0 Å². The second-order valence-corrected chi connectivity index (χ2v) is 4.66. The van der Waals surface area contributed by atoms with Gasteiger partial charge in [0.25, 0.3) is 0 Å². The Labute approximate surface area is 116 Å². The number of hydrogen-bond acceptors (Lipinski definition) is 3. The SMILES string of the molecule is O=C(O)c1cc(Br)ccc1Oc1ncccc1Cl. The lowest BCUT2D eigenvalue weighted by molar-refractivity contribution is 0.0694. The number of hydrogen-bond donors (Lipinski definition) is 1. The Bertz CT molecular complexity index is 604. The standard InChI is InChI=1S/C12H7BrClNO3/c13-7-3-4-10(8(6-7)12(16)17)18-11-9(14)2-1-5-15-11/h1-6H,(H,16,17). The van der Waals surface area contributed by atoms with Crippen LogP contribution in [0.1, 0.15) is 10.4 Å². The van der Waals surface area contributed by atoms with Crippen LogP contribution in [0, 0.1) is 0 Å². The number of carbonyl (C=O) groups is 1. The molecule has 2 aromatic rings. The van der Waals surface area contributed by atoms with E-state index < -0.39 is 5.97 Å². The molecule has 0 aliphatic heterocycles. The fourth-order valence-electron chi connectivity index (χ4n) is 1.31. The molecule has 4 nitrogen and oxygen atoms in total. The van der Waals surface area contributed by atoms with Crippen molar-refractivity contribution in [2.24, 2.45) is 0 Å². The summed E-state index contributed by atoms with van der Waals surface area (Å²) < 4.78 is 6.06. The highest BCUT2D eigenvalue weighted by Crippen LogP contribution is 2.30. The first kappa shape index (κ1) is 12.9. The van der Waals surface area contributed by atoms with Crippen LogP contribution in [0.4, 0.5) is 0 Å². The molecule has 0 aliphatic carbocycles. The van der Waals surface area contributed by atoms with Crippen LogP contribution in [0.3, 0.4) is 0 Å². The number of aromatic nitrogens is 1. The second kappa shape index (κ2) is 5.37. The molecule has 1 aromatic carbocycles. The van der Waals surface area contributed by atoms with Gasteiger partial charge in [0.15, 0.2) is 0 Å². The van der Waals surface area contributed by atoms with Crippen molar-refractivity contribution in [3.05, 3.63) is 51.6 Å². The van der Waals surface area contributed by atoms with Crippen molar-refractivity contribution in [2.45, 2.75) is 0 Å². The minimum Gasteiger partial charge on any atom is -0.478 e. The maximum Gasteiger partial charge on any atom is 0.339 e. The van der Waals surface area contributed by atoms with E-state index in [-0.39, 0.29) is 17.2 Å².